The lowest BCUT2D eigenvalue weighted by molar-refractivity contribution is 0.0952. The first kappa shape index (κ1) is 24.6. The fraction of sp³-hybridized carbons (Fsp3) is 0.269. The molecule has 2 heterocycles. The molecular weight excluding hydrogens is 428 g/mol. The van der Waals surface area contributed by atoms with Crippen LogP contribution in [0.3, 0.4) is 0 Å². The van der Waals surface area contributed by atoms with Crippen molar-refractivity contribution in [3.05, 3.63) is 87.1 Å². The zero-order valence-corrected chi connectivity index (χ0v) is 20.3. The minimum absolute atomic E-state index is 0.0708. The van der Waals surface area contributed by atoms with Gasteiger partial charge in [0.25, 0.3) is 11.5 Å². The summed E-state index contributed by atoms with van der Waals surface area (Å²) in [5.74, 6) is -0.348. The third-order valence-corrected chi connectivity index (χ3v) is 5.75. The molecular formula is C26H32N6O2. The van der Waals surface area contributed by atoms with Gasteiger partial charge in [0.1, 0.15) is 0 Å². The van der Waals surface area contributed by atoms with E-state index in [0.717, 1.165) is 33.3 Å². The molecule has 178 valence electrons. The van der Waals surface area contributed by atoms with Crippen LogP contribution in [0.5, 0.6) is 0 Å². The average Bonchev–Trinajstić information content (AvgIpc) is 3.09. The van der Waals surface area contributed by atoms with E-state index in [1.54, 1.807) is 12.1 Å². The first-order valence-electron chi connectivity index (χ1n) is 11.1. The minimum atomic E-state index is -0.277. The summed E-state index contributed by atoms with van der Waals surface area (Å²) in [5, 5.41) is 3.78. The van der Waals surface area contributed by atoms with Crippen LogP contribution in [0, 0.1) is 20.8 Å². The second-order valence-electron chi connectivity index (χ2n) is 8.70. The minimum Gasteiger partial charge on any atom is -0.370 e. The number of carbonyl (C=O) groups excluding carboxylic acids is 1. The maximum Gasteiger partial charge on any atom is 0.253 e. The summed E-state index contributed by atoms with van der Waals surface area (Å²) in [7, 11) is 0. The fourth-order valence-corrected chi connectivity index (χ4v) is 4.11. The van der Waals surface area contributed by atoms with Gasteiger partial charge in [0.05, 0.1) is 0 Å². The number of aromatic amines is 1. The second kappa shape index (κ2) is 9.82. The number of nitrogens with zero attached hydrogens (tertiary/aromatic N) is 2. The van der Waals surface area contributed by atoms with Gasteiger partial charge in [-0.15, -0.1) is 0 Å². The first-order chi connectivity index (χ1) is 16.0. The van der Waals surface area contributed by atoms with Crippen molar-refractivity contribution in [2.24, 2.45) is 16.5 Å². The van der Waals surface area contributed by atoms with Gasteiger partial charge in [-0.05, 0) is 75.1 Å². The molecule has 3 rings (SSSR count). The van der Waals surface area contributed by atoms with Gasteiger partial charge in [-0.2, -0.15) is 0 Å². The molecule has 34 heavy (non-hydrogen) atoms. The van der Waals surface area contributed by atoms with Gasteiger partial charge in [0, 0.05) is 52.7 Å². The van der Waals surface area contributed by atoms with E-state index in [-0.39, 0.29) is 30.0 Å². The molecule has 0 aliphatic carbocycles. The number of nitrogens with one attached hydrogen (secondary N) is 2. The van der Waals surface area contributed by atoms with Gasteiger partial charge in [-0.25, -0.2) is 4.99 Å². The van der Waals surface area contributed by atoms with Crippen LogP contribution in [0.1, 0.15) is 58.2 Å². The molecule has 0 saturated carbocycles. The van der Waals surface area contributed by atoms with E-state index in [4.69, 9.17) is 11.5 Å². The van der Waals surface area contributed by atoms with Gasteiger partial charge in [0.15, 0.2) is 5.96 Å². The maximum atomic E-state index is 13.4. The number of guanidine groups is 1. The number of nitrogens with two attached hydrogens (primary N) is 2. The largest absolute Gasteiger partial charge is 0.370 e. The molecule has 0 aliphatic heterocycles. The lowest BCUT2D eigenvalue weighted by atomic mass is 9.98. The Labute approximate surface area is 199 Å². The van der Waals surface area contributed by atoms with E-state index in [2.05, 4.69) is 40.3 Å². The smallest absolute Gasteiger partial charge is 0.253 e. The van der Waals surface area contributed by atoms with Crippen LogP contribution in [-0.2, 0) is 6.54 Å². The number of pyridine rings is 1. The summed E-state index contributed by atoms with van der Waals surface area (Å²) in [4.78, 5) is 32.6. The zero-order valence-electron chi connectivity index (χ0n) is 20.3. The van der Waals surface area contributed by atoms with E-state index in [1.165, 1.54) is 6.20 Å². The van der Waals surface area contributed by atoms with Crippen LogP contribution >= 0.6 is 0 Å². The Morgan fingerprint density at radius 3 is 2.50 bits per heavy atom. The predicted octanol–water partition coefficient (Wildman–Crippen LogP) is 3.57. The molecule has 6 N–H and O–H groups in total. The number of rotatable bonds is 7. The topological polar surface area (TPSA) is 131 Å². The highest BCUT2D eigenvalue weighted by molar-refractivity contribution is 6.09. The molecule has 0 spiro atoms. The predicted molar refractivity (Wildman–Crippen MR) is 139 cm³/mol. The molecule has 1 aromatic carbocycles. The second-order valence-corrected chi connectivity index (χ2v) is 8.70. The summed E-state index contributed by atoms with van der Waals surface area (Å²) in [6.07, 6.45) is 5.20. The van der Waals surface area contributed by atoms with Crippen LogP contribution in [0.4, 0.5) is 0 Å². The molecule has 0 unspecified atom stereocenters. The van der Waals surface area contributed by atoms with Crippen LogP contribution in [0.25, 0.3) is 16.5 Å². The van der Waals surface area contributed by atoms with Gasteiger partial charge in [0.2, 0.25) is 0 Å². The molecule has 8 nitrogen and oxygen atoms in total. The number of aryl methyl sites for hydroxylation is 3. The molecule has 0 atom stereocenters. The lowest BCUT2D eigenvalue weighted by Gasteiger charge is -2.14. The highest BCUT2D eigenvalue weighted by Crippen LogP contribution is 2.31. The van der Waals surface area contributed by atoms with E-state index in [0.29, 0.717) is 16.7 Å². The number of hydrogen-bond acceptors (Lipinski definition) is 3. The fourth-order valence-electron chi connectivity index (χ4n) is 4.11. The number of fused-ring (bicyclic) bond motifs is 1. The molecule has 0 aliphatic rings. The Morgan fingerprint density at radius 2 is 1.91 bits per heavy atom. The van der Waals surface area contributed by atoms with Gasteiger partial charge in [-0.1, -0.05) is 12.7 Å². The zero-order chi connectivity index (χ0) is 25.2. The Bertz CT molecular complexity index is 1380. The average molecular weight is 461 g/mol. The standard InChI is InChI=1S/C26H32N6O2/c1-7-18(11-30-26(27)28)19-9-20(23-16(5)13-32(14(2)3)22(23)10-19)24(33)29-12-21-15(4)8-17(6)31-25(21)34/h7-11,13-14H,1,12H2,2-6H3,(H,29,33)(H,31,34)(H4,27,28,30)/b18-11+. The van der Waals surface area contributed by atoms with Crippen molar-refractivity contribution in [2.75, 3.05) is 0 Å². The van der Waals surface area contributed by atoms with Crippen LogP contribution in [0.2, 0.25) is 0 Å². The number of aromatic nitrogens is 2. The van der Waals surface area contributed by atoms with Crippen LogP contribution in [-0.4, -0.2) is 21.4 Å². The monoisotopic (exact) mass is 460 g/mol. The maximum absolute atomic E-state index is 13.4. The van der Waals surface area contributed by atoms with Gasteiger partial charge < -0.3 is 26.3 Å². The number of amides is 1. The number of allylic oxidation sites excluding steroid dienone is 2. The van der Waals surface area contributed by atoms with Crippen LogP contribution < -0.4 is 22.3 Å². The molecule has 0 radical (unpaired) electrons. The van der Waals surface area contributed by atoms with Crippen molar-refractivity contribution < 1.29 is 4.79 Å². The highest BCUT2D eigenvalue weighted by atomic mass is 16.1. The van der Waals surface area contributed by atoms with E-state index in [1.807, 2.05) is 39.1 Å². The summed E-state index contributed by atoms with van der Waals surface area (Å²) in [6, 6.07) is 5.88. The lowest BCUT2D eigenvalue weighted by Crippen LogP contribution is -2.28. The van der Waals surface area contributed by atoms with Crippen molar-refractivity contribution >= 4 is 28.3 Å². The van der Waals surface area contributed by atoms with Crippen molar-refractivity contribution in [1.29, 1.82) is 0 Å². The molecule has 0 saturated heterocycles. The van der Waals surface area contributed by atoms with Crippen molar-refractivity contribution in [2.45, 2.75) is 47.2 Å². The normalized spacial score (nSPS) is 11.6. The van der Waals surface area contributed by atoms with Gasteiger partial charge >= 0.3 is 0 Å². The number of hydrogen-bond donors (Lipinski definition) is 4. The first-order valence-corrected chi connectivity index (χ1v) is 11.1. The van der Waals surface area contributed by atoms with Crippen molar-refractivity contribution in [3.63, 3.8) is 0 Å². The molecule has 2 aromatic heterocycles. The van der Waals surface area contributed by atoms with E-state index < -0.39 is 0 Å². The van der Waals surface area contributed by atoms with Crippen molar-refractivity contribution in [1.82, 2.24) is 14.9 Å². The van der Waals surface area contributed by atoms with E-state index >= 15 is 0 Å². The summed E-state index contributed by atoms with van der Waals surface area (Å²) in [6.45, 7) is 13.8. The molecule has 0 fully saturated rings. The number of H-pyrrole nitrogens is 1. The Hall–Kier alpha value is -4.07. The summed E-state index contributed by atoms with van der Waals surface area (Å²) >= 11 is 0. The third-order valence-electron chi connectivity index (χ3n) is 5.75. The summed E-state index contributed by atoms with van der Waals surface area (Å²) < 4.78 is 2.13. The molecule has 1 amide bonds. The molecule has 8 heteroatoms. The Morgan fingerprint density at radius 1 is 1.21 bits per heavy atom. The summed E-state index contributed by atoms with van der Waals surface area (Å²) in [5.41, 5.74) is 16.7. The quantitative estimate of drug-likeness (QED) is 0.244. The van der Waals surface area contributed by atoms with Crippen LogP contribution in [0.15, 0.2) is 53.0 Å². The van der Waals surface area contributed by atoms with Gasteiger partial charge in [-0.3, -0.25) is 9.59 Å². The number of aliphatic imine (C=N–C) groups is 1. The SMILES string of the molecule is C=C/C(=C\N=C(N)N)c1cc(C(=O)NCc2c(C)cc(C)[nH]c2=O)c2c(C)cn(C(C)C)c2c1. The number of benzene rings is 1. The third kappa shape index (κ3) is 4.96. The Kier molecular flexibility index (Phi) is 7.10. The van der Waals surface area contributed by atoms with Crippen molar-refractivity contribution in [3.8, 4) is 0 Å². The van der Waals surface area contributed by atoms with E-state index in [9.17, 15) is 9.59 Å². The Balaban J connectivity index is 2.14. The molecule has 3 aromatic rings. The highest BCUT2D eigenvalue weighted by Gasteiger charge is 2.19. The molecule has 0 bridgehead atoms. The number of carbonyl (C=O) groups is 1.